The highest BCUT2D eigenvalue weighted by atomic mass is 16.6. The minimum absolute atomic E-state index is 0.0140. The number of hydrogen-bond acceptors (Lipinski definition) is 6. The zero-order valence-electron chi connectivity index (χ0n) is 16.7. The third kappa shape index (κ3) is 4.80. The molecule has 1 amide bonds. The van der Waals surface area contributed by atoms with Crippen LogP contribution in [0, 0.1) is 0 Å². The van der Waals surface area contributed by atoms with E-state index < -0.39 is 29.7 Å². The molecule has 7 nitrogen and oxygen atoms in total. The topological polar surface area (TPSA) is 96.3 Å². The Balaban J connectivity index is 1.99. The lowest BCUT2D eigenvalue weighted by Crippen LogP contribution is -2.55. The number of esters is 1. The molecule has 154 valence electrons. The molecule has 1 heterocycles. The summed E-state index contributed by atoms with van der Waals surface area (Å²) in [6.45, 7) is 5.28. The van der Waals surface area contributed by atoms with E-state index in [2.05, 4.69) is 0 Å². The minimum Gasteiger partial charge on any atom is -0.508 e. The molecule has 0 saturated carbocycles. The lowest BCUT2D eigenvalue weighted by atomic mass is 9.97. The molecule has 29 heavy (non-hydrogen) atoms. The summed E-state index contributed by atoms with van der Waals surface area (Å²) >= 11 is 0. The van der Waals surface area contributed by atoms with Gasteiger partial charge in [-0.3, -0.25) is 4.90 Å². The average Bonchev–Trinajstić information content (AvgIpc) is 2.64. The van der Waals surface area contributed by atoms with Crippen LogP contribution in [0.5, 0.6) is 11.5 Å². The van der Waals surface area contributed by atoms with Gasteiger partial charge in [0, 0.05) is 12.5 Å². The lowest BCUT2D eigenvalue weighted by Gasteiger charge is -2.41. The molecular formula is C22H25NO6. The van der Waals surface area contributed by atoms with Gasteiger partial charge in [-0.2, -0.15) is 0 Å². The lowest BCUT2D eigenvalue weighted by molar-refractivity contribution is -0.161. The number of cyclic esters (lactones) is 1. The van der Waals surface area contributed by atoms with Crippen LogP contribution in [-0.4, -0.2) is 45.4 Å². The number of carbonyl (C=O) groups excluding carboxylic acids is 2. The second-order valence-electron chi connectivity index (χ2n) is 7.98. The van der Waals surface area contributed by atoms with Crippen LogP contribution in [0.3, 0.4) is 0 Å². The van der Waals surface area contributed by atoms with Gasteiger partial charge in [0.15, 0.2) is 0 Å². The minimum atomic E-state index is -0.987. The van der Waals surface area contributed by atoms with E-state index in [0.29, 0.717) is 5.56 Å². The van der Waals surface area contributed by atoms with E-state index >= 15 is 0 Å². The van der Waals surface area contributed by atoms with E-state index in [0.717, 1.165) is 5.56 Å². The van der Waals surface area contributed by atoms with Gasteiger partial charge < -0.3 is 19.7 Å². The molecule has 1 aliphatic rings. The Bertz CT molecular complexity index is 890. The summed E-state index contributed by atoms with van der Waals surface area (Å²) in [4.78, 5) is 27.1. The summed E-state index contributed by atoms with van der Waals surface area (Å²) in [6.07, 6.45) is -0.612. The SMILES string of the molecule is CC(C)(C)OC(=O)N1[C@@H](c2ccccc2)COC(=O)[C@@H]1Cc1ccc(O)cc1O. The van der Waals surface area contributed by atoms with E-state index in [4.69, 9.17) is 9.47 Å². The molecule has 2 aromatic rings. The van der Waals surface area contributed by atoms with Crippen molar-refractivity contribution in [1.82, 2.24) is 4.90 Å². The second-order valence-corrected chi connectivity index (χ2v) is 7.98. The van der Waals surface area contributed by atoms with Crippen LogP contribution in [0.25, 0.3) is 0 Å². The number of rotatable bonds is 3. The Morgan fingerprint density at radius 2 is 1.86 bits per heavy atom. The number of phenolic OH excluding ortho intramolecular Hbond substituents is 2. The van der Waals surface area contributed by atoms with Gasteiger partial charge in [0.1, 0.15) is 29.7 Å². The van der Waals surface area contributed by atoms with Crippen molar-refractivity contribution in [1.29, 1.82) is 0 Å². The zero-order valence-corrected chi connectivity index (χ0v) is 16.7. The first-order valence-corrected chi connectivity index (χ1v) is 9.39. The van der Waals surface area contributed by atoms with Crippen LogP contribution < -0.4 is 0 Å². The van der Waals surface area contributed by atoms with Crippen molar-refractivity contribution >= 4 is 12.1 Å². The van der Waals surface area contributed by atoms with E-state index in [9.17, 15) is 19.8 Å². The first-order chi connectivity index (χ1) is 13.7. The van der Waals surface area contributed by atoms with Crippen molar-refractivity contribution in [3.8, 4) is 11.5 Å². The Kier molecular flexibility index (Phi) is 5.68. The van der Waals surface area contributed by atoms with Crippen LogP contribution in [0.4, 0.5) is 4.79 Å². The van der Waals surface area contributed by atoms with Crippen LogP contribution in [0.15, 0.2) is 48.5 Å². The fourth-order valence-corrected chi connectivity index (χ4v) is 3.28. The maximum Gasteiger partial charge on any atom is 0.411 e. The number of carbonyl (C=O) groups is 2. The highest BCUT2D eigenvalue weighted by Gasteiger charge is 2.43. The molecule has 2 aromatic carbocycles. The van der Waals surface area contributed by atoms with E-state index in [1.54, 1.807) is 20.8 Å². The maximum atomic E-state index is 13.1. The molecule has 2 N–H and O–H groups in total. The van der Waals surface area contributed by atoms with Crippen molar-refractivity contribution < 1.29 is 29.3 Å². The molecule has 0 bridgehead atoms. The van der Waals surface area contributed by atoms with Gasteiger partial charge in [-0.1, -0.05) is 36.4 Å². The third-order valence-corrected chi connectivity index (χ3v) is 4.60. The van der Waals surface area contributed by atoms with E-state index in [1.807, 2.05) is 30.3 Å². The van der Waals surface area contributed by atoms with Gasteiger partial charge >= 0.3 is 12.1 Å². The first kappa shape index (κ1) is 20.5. The first-order valence-electron chi connectivity index (χ1n) is 9.39. The Labute approximate surface area is 169 Å². The van der Waals surface area contributed by atoms with Crippen LogP contribution in [-0.2, 0) is 20.7 Å². The molecule has 3 rings (SSSR count). The Hall–Kier alpha value is -3.22. The largest absolute Gasteiger partial charge is 0.508 e. The summed E-state index contributed by atoms with van der Waals surface area (Å²) in [7, 11) is 0. The normalized spacial score (nSPS) is 19.6. The van der Waals surface area contributed by atoms with Crippen LogP contribution in [0.2, 0.25) is 0 Å². The Morgan fingerprint density at radius 3 is 2.48 bits per heavy atom. The molecule has 0 unspecified atom stereocenters. The van der Waals surface area contributed by atoms with E-state index in [-0.39, 0.29) is 24.5 Å². The van der Waals surface area contributed by atoms with Crippen molar-refractivity contribution in [3.05, 3.63) is 59.7 Å². The number of benzene rings is 2. The number of amides is 1. The number of morpholine rings is 1. The number of ether oxygens (including phenoxy) is 2. The van der Waals surface area contributed by atoms with Crippen molar-refractivity contribution in [2.75, 3.05) is 6.61 Å². The summed E-state index contributed by atoms with van der Waals surface area (Å²) in [5, 5.41) is 19.7. The van der Waals surface area contributed by atoms with Gasteiger partial charge in [0.2, 0.25) is 0 Å². The molecule has 2 atom stereocenters. The number of nitrogens with zero attached hydrogens (tertiary/aromatic N) is 1. The van der Waals surface area contributed by atoms with E-state index in [1.165, 1.54) is 23.1 Å². The fourth-order valence-electron chi connectivity index (χ4n) is 3.28. The molecule has 7 heteroatoms. The number of aromatic hydroxyl groups is 2. The molecule has 0 spiro atoms. The monoisotopic (exact) mass is 399 g/mol. The van der Waals surface area contributed by atoms with Gasteiger partial charge in [-0.15, -0.1) is 0 Å². The third-order valence-electron chi connectivity index (χ3n) is 4.60. The molecule has 1 saturated heterocycles. The summed E-state index contributed by atoms with van der Waals surface area (Å²) in [6, 6.07) is 11.9. The predicted octanol–water partition coefficient (Wildman–Crippen LogP) is 3.54. The van der Waals surface area contributed by atoms with Crippen molar-refractivity contribution in [2.24, 2.45) is 0 Å². The number of hydrogen-bond donors (Lipinski definition) is 2. The maximum absolute atomic E-state index is 13.1. The highest BCUT2D eigenvalue weighted by Crippen LogP contribution is 2.33. The summed E-state index contributed by atoms with van der Waals surface area (Å²) < 4.78 is 11.0. The van der Waals surface area contributed by atoms with Crippen molar-refractivity contribution in [2.45, 2.75) is 44.9 Å². The van der Waals surface area contributed by atoms with Gasteiger partial charge in [0.05, 0.1) is 6.04 Å². The van der Waals surface area contributed by atoms with Gasteiger partial charge in [0.25, 0.3) is 0 Å². The van der Waals surface area contributed by atoms with Crippen LogP contribution >= 0.6 is 0 Å². The average molecular weight is 399 g/mol. The fraction of sp³-hybridized carbons (Fsp3) is 0.364. The molecule has 0 radical (unpaired) electrons. The van der Waals surface area contributed by atoms with Crippen molar-refractivity contribution in [3.63, 3.8) is 0 Å². The number of phenols is 2. The predicted molar refractivity (Wildman–Crippen MR) is 105 cm³/mol. The molecular weight excluding hydrogens is 374 g/mol. The second kappa shape index (κ2) is 8.03. The highest BCUT2D eigenvalue weighted by molar-refractivity contribution is 5.83. The quantitative estimate of drug-likeness (QED) is 0.767. The summed E-state index contributed by atoms with van der Waals surface area (Å²) in [5.41, 5.74) is 0.475. The molecule has 1 fully saturated rings. The Morgan fingerprint density at radius 1 is 1.17 bits per heavy atom. The smallest absolute Gasteiger partial charge is 0.411 e. The molecule has 1 aliphatic heterocycles. The molecule has 0 aliphatic carbocycles. The standard InChI is InChI=1S/C22H25NO6/c1-22(2,3)29-21(27)23-17(11-15-9-10-16(24)12-19(15)25)20(26)28-13-18(23)14-7-5-4-6-8-14/h4-10,12,17-18,24-25H,11,13H2,1-3H3/t17-,18+/m0/s1. The van der Waals surface area contributed by atoms with Gasteiger partial charge in [-0.25, -0.2) is 9.59 Å². The van der Waals surface area contributed by atoms with Gasteiger partial charge in [-0.05, 0) is 38.0 Å². The molecule has 0 aromatic heterocycles. The van der Waals surface area contributed by atoms with Crippen LogP contribution in [0.1, 0.15) is 37.9 Å². The zero-order chi connectivity index (χ0) is 21.2. The summed E-state index contributed by atoms with van der Waals surface area (Å²) in [5.74, 6) is -0.831.